The lowest BCUT2D eigenvalue weighted by Gasteiger charge is -2.20. The van der Waals surface area contributed by atoms with E-state index in [0.29, 0.717) is 5.56 Å². The predicted octanol–water partition coefficient (Wildman–Crippen LogP) is 1.73. The second-order valence-electron chi connectivity index (χ2n) is 4.91. The molecular formula is C14H21N3O2. The number of carbonyl (C=O) groups is 1. The minimum Gasteiger partial charge on any atom is -0.387 e. The van der Waals surface area contributed by atoms with Crippen LogP contribution in [0.25, 0.3) is 0 Å². The minimum atomic E-state index is -0.0919. The third-order valence-electron chi connectivity index (χ3n) is 3.63. The Labute approximate surface area is 113 Å². The number of hydrogen-bond donors (Lipinski definition) is 2. The molecule has 0 aromatic carbocycles. The smallest absolute Gasteiger partial charge is 0.255 e. The van der Waals surface area contributed by atoms with Gasteiger partial charge < -0.3 is 15.4 Å². The summed E-state index contributed by atoms with van der Waals surface area (Å²) in [5.41, 5.74) is 2.27. The van der Waals surface area contributed by atoms with Gasteiger partial charge in [0.25, 0.3) is 5.91 Å². The Bertz CT molecular complexity index is 462. The Morgan fingerprint density at radius 2 is 2.26 bits per heavy atom. The van der Waals surface area contributed by atoms with Crippen LogP contribution >= 0.6 is 0 Å². The topological polar surface area (TPSA) is 63.2 Å². The molecule has 0 radical (unpaired) electrons. The van der Waals surface area contributed by atoms with Crippen molar-refractivity contribution in [1.82, 2.24) is 10.3 Å². The number of anilines is 1. The van der Waals surface area contributed by atoms with Gasteiger partial charge in [0.05, 0.1) is 23.4 Å². The average Bonchev–Trinajstić information content (AvgIpc) is 2.85. The largest absolute Gasteiger partial charge is 0.387 e. The molecular weight excluding hydrogens is 242 g/mol. The number of aryl methyl sites for hydroxylation is 1. The first kappa shape index (κ1) is 13.8. The van der Waals surface area contributed by atoms with Crippen molar-refractivity contribution in [2.75, 3.05) is 19.5 Å². The highest BCUT2D eigenvalue weighted by Crippen LogP contribution is 2.23. The maximum atomic E-state index is 12.3. The number of methoxy groups -OCH3 is 1. The Balaban J connectivity index is 2.11. The van der Waals surface area contributed by atoms with E-state index in [2.05, 4.69) is 15.6 Å². The van der Waals surface area contributed by atoms with E-state index >= 15 is 0 Å². The Morgan fingerprint density at radius 1 is 1.47 bits per heavy atom. The number of rotatable bonds is 4. The minimum absolute atomic E-state index is 0.0919. The fraction of sp³-hybridized carbons (Fsp3) is 0.571. The first-order valence-corrected chi connectivity index (χ1v) is 6.63. The molecule has 1 aromatic heterocycles. The van der Waals surface area contributed by atoms with Crippen LogP contribution in [0.4, 0.5) is 5.69 Å². The molecule has 2 rings (SSSR count). The van der Waals surface area contributed by atoms with Gasteiger partial charge in [-0.25, -0.2) is 0 Å². The van der Waals surface area contributed by atoms with E-state index in [0.717, 1.165) is 30.6 Å². The monoisotopic (exact) mass is 263 g/mol. The van der Waals surface area contributed by atoms with Crippen molar-refractivity contribution in [3.05, 3.63) is 23.5 Å². The van der Waals surface area contributed by atoms with Crippen molar-refractivity contribution in [1.29, 1.82) is 0 Å². The number of amides is 1. The van der Waals surface area contributed by atoms with Gasteiger partial charge in [-0.15, -0.1) is 0 Å². The van der Waals surface area contributed by atoms with Crippen LogP contribution < -0.4 is 10.6 Å². The van der Waals surface area contributed by atoms with Gasteiger partial charge >= 0.3 is 0 Å². The Morgan fingerprint density at radius 3 is 2.95 bits per heavy atom. The third kappa shape index (κ3) is 3.04. The van der Waals surface area contributed by atoms with Gasteiger partial charge in [-0.1, -0.05) is 0 Å². The lowest BCUT2D eigenvalue weighted by Crippen LogP contribution is -2.41. The molecule has 0 aliphatic heterocycles. The Hall–Kier alpha value is -1.62. The molecule has 1 aromatic rings. The number of ether oxygens (including phenoxy) is 1. The molecule has 5 nitrogen and oxygen atoms in total. The number of nitrogens with zero attached hydrogens (tertiary/aromatic N) is 1. The first-order valence-electron chi connectivity index (χ1n) is 6.63. The molecule has 0 spiro atoms. The van der Waals surface area contributed by atoms with Crippen molar-refractivity contribution >= 4 is 11.6 Å². The van der Waals surface area contributed by atoms with E-state index in [4.69, 9.17) is 4.74 Å². The second kappa shape index (κ2) is 6.02. The van der Waals surface area contributed by atoms with Crippen LogP contribution in [-0.4, -0.2) is 37.2 Å². The highest BCUT2D eigenvalue weighted by Gasteiger charge is 2.29. The van der Waals surface area contributed by atoms with Crippen LogP contribution in [0, 0.1) is 6.92 Å². The summed E-state index contributed by atoms with van der Waals surface area (Å²) < 4.78 is 5.39. The highest BCUT2D eigenvalue weighted by molar-refractivity contribution is 5.99. The van der Waals surface area contributed by atoms with Gasteiger partial charge in [0, 0.05) is 26.0 Å². The van der Waals surface area contributed by atoms with E-state index in [1.54, 1.807) is 20.4 Å². The van der Waals surface area contributed by atoms with E-state index in [1.807, 2.05) is 13.0 Å². The maximum absolute atomic E-state index is 12.3. The summed E-state index contributed by atoms with van der Waals surface area (Å²) >= 11 is 0. The molecule has 19 heavy (non-hydrogen) atoms. The van der Waals surface area contributed by atoms with Gasteiger partial charge in [0.2, 0.25) is 0 Å². The standard InChI is InChI=1S/C14H21N3O2/c1-9-7-12(15-2)10(8-16-9)14(18)17-11-5-4-6-13(11)19-3/h7-8,11,13H,4-6H2,1-3H3,(H,15,16)(H,17,18). The zero-order valence-electron chi connectivity index (χ0n) is 11.7. The second-order valence-corrected chi connectivity index (χ2v) is 4.91. The maximum Gasteiger partial charge on any atom is 0.255 e. The predicted molar refractivity (Wildman–Crippen MR) is 74.4 cm³/mol. The summed E-state index contributed by atoms with van der Waals surface area (Å²) in [6.07, 6.45) is 4.81. The van der Waals surface area contributed by atoms with Gasteiger partial charge in [0.15, 0.2) is 0 Å². The third-order valence-corrected chi connectivity index (χ3v) is 3.63. The lowest BCUT2D eigenvalue weighted by molar-refractivity contribution is 0.0722. The van der Waals surface area contributed by atoms with Gasteiger partial charge in [-0.2, -0.15) is 0 Å². The van der Waals surface area contributed by atoms with Crippen LogP contribution in [-0.2, 0) is 4.74 Å². The highest BCUT2D eigenvalue weighted by atomic mass is 16.5. The molecule has 1 heterocycles. The molecule has 1 amide bonds. The fourth-order valence-electron chi connectivity index (χ4n) is 2.57. The summed E-state index contributed by atoms with van der Waals surface area (Å²) in [7, 11) is 3.50. The number of nitrogens with one attached hydrogen (secondary N) is 2. The molecule has 1 saturated carbocycles. The molecule has 1 fully saturated rings. The number of hydrogen-bond acceptors (Lipinski definition) is 4. The van der Waals surface area contributed by atoms with E-state index < -0.39 is 0 Å². The number of aromatic nitrogens is 1. The van der Waals surface area contributed by atoms with Crippen LogP contribution in [0.3, 0.4) is 0 Å². The van der Waals surface area contributed by atoms with Crippen molar-refractivity contribution in [2.45, 2.75) is 38.3 Å². The quantitative estimate of drug-likeness (QED) is 0.868. The molecule has 104 valence electrons. The zero-order chi connectivity index (χ0) is 13.8. The summed E-state index contributed by atoms with van der Waals surface area (Å²) in [6, 6.07) is 1.97. The summed E-state index contributed by atoms with van der Waals surface area (Å²) in [6.45, 7) is 1.90. The van der Waals surface area contributed by atoms with Crippen molar-refractivity contribution in [3.63, 3.8) is 0 Å². The molecule has 1 aliphatic carbocycles. The van der Waals surface area contributed by atoms with Gasteiger partial charge in [-0.05, 0) is 32.3 Å². The molecule has 0 saturated heterocycles. The molecule has 1 aliphatic rings. The summed E-state index contributed by atoms with van der Waals surface area (Å²) in [4.78, 5) is 16.5. The van der Waals surface area contributed by atoms with Gasteiger partial charge in [0.1, 0.15) is 0 Å². The normalized spacial score (nSPS) is 22.3. The molecule has 5 heteroatoms. The van der Waals surface area contributed by atoms with Crippen molar-refractivity contribution in [3.8, 4) is 0 Å². The average molecular weight is 263 g/mol. The Kier molecular flexibility index (Phi) is 4.37. The van der Waals surface area contributed by atoms with Crippen molar-refractivity contribution < 1.29 is 9.53 Å². The zero-order valence-corrected chi connectivity index (χ0v) is 11.7. The van der Waals surface area contributed by atoms with E-state index in [9.17, 15) is 4.79 Å². The van der Waals surface area contributed by atoms with Crippen LogP contribution in [0.15, 0.2) is 12.3 Å². The summed E-state index contributed by atoms with van der Waals surface area (Å²) in [5, 5.41) is 6.08. The SMILES string of the molecule is CNc1cc(C)ncc1C(=O)NC1CCCC1OC. The van der Waals surface area contributed by atoms with E-state index in [-0.39, 0.29) is 18.1 Å². The molecule has 2 N–H and O–H groups in total. The van der Waals surface area contributed by atoms with Crippen molar-refractivity contribution in [2.24, 2.45) is 0 Å². The van der Waals surface area contributed by atoms with Gasteiger partial charge in [-0.3, -0.25) is 9.78 Å². The lowest BCUT2D eigenvalue weighted by atomic mass is 10.1. The number of pyridine rings is 1. The van der Waals surface area contributed by atoms with Crippen LogP contribution in [0.2, 0.25) is 0 Å². The fourth-order valence-corrected chi connectivity index (χ4v) is 2.57. The molecule has 2 atom stereocenters. The molecule has 2 unspecified atom stereocenters. The summed E-state index contributed by atoms with van der Waals surface area (Å²) in [5.74, 6) is -0.0919. The molecule has 0 bridgehead atoms. The van der Waals surface area contributed by atoms with E-state index in [1.165, 1.54) is 0 Å². The first-order chi connectivity index (χ1) is 9.15. The van der Waals surface area contributed by atoms with Crippen LogP contribution in [0.5, 0.6) is 0 Å². The number of carbonyl (C=O) groups excluding carboxylic acids is 1. The van der Waals surface area contributed by atoms with Crippen LogP contribution in [0.1, 0.15) is 35.3 Å².